The lowest BCUT2D eigenvalue weighted by atomic mass is 9.83. The molecule has 1 aliphatic heterocycles. The Bertz CT molecular complexity index is 800. The number of alkyl halides is 3. The average molecular weight is 379 g/mol. The van der Waals surface area contributed by atoms with Crippen molar-refractivity contribution in [2.75, 3.05) is 13.1 Å². The summed E-state index contributed by atoms with van der Waals surface area (Å²) in [5.41, 5.74) is -1.36. The van der Waals surface area contributed by atoms with E-state index in [2.05, 4.69) is 0 Å². The number of hydrogen-bond acceptors (Lipinski definition) is 3. The van der Waals surface area contributed by atoms with Crippen LogP contribution >= 0.6 is 0 Å². The molecule has 2 aromatic rings. The molecule has 0 saturated carbocycles. The number of carboxylic acid groups (broad SMARTS) is 1. The van der Waals surface area contributed by atoms with Crippen molar-refractivity contribution in [3.05, 3.63) is 71.3 Å². The molecule has 3 rings (SSSR count). The molecule has 0 radical (unpaired) electrons. The van der Waals surface area contributed by atoms with Crippen LogP contribution in [0.15, 0.2) is 54.6 Å². The second-order valence-corrected chi connectivity index (χ2v) is 6.80. The highest BCUT2D eigenvalue weighted by atomic mass is 19.4. The maximum Gasteiger partial charge on any atom is 0.416 e. The van der Waals surface area contributed by atoms with E-state index in [1.54, 1.807) is 35.2 Å². The minimum atomic E-state index is -4.48. The number of hydrogen-bond donors (Lipinski definition) is 2. The molecule has 4 nitrogen and oxygen atoms in total. The zero-order valence-corrected chi connectivity index (χ0v) is 14.5. The summed E-state index contributed by atoms with van der Waals surface area (Å²) in [4.78, 5) is 13.5. The second kappa shape index (κ2) is 7.32. The molecule has 0 bridgehead atoms. The topological polar surface area (TPSA) is 60.8 Å². The highest BCUT2D eigenvalue weighted by Gasteiger charge is 2.39. The Kier molecular flexibility index (Phi) is 5.26. The van der Waals surface area contributed by atoms with Gasteiger partial charge in [0, 0.05) is 13.1 Å². The first kappa shape index (κ1) is 19.4. The number of aliphatic carboxylic acids is 1. The van der Waals surface area contributed by atoms with E-state index in [0.717, 1.165) is 12.1 Å². The van der Waals surface area contributed by atoms with Gasteiger partial charge >= 0.3 is 12.1 Å². The molecule has 7 heteroatoms. The minimum Gasteiger partial charge on any atom is -0.480 e. The zero-order valence-electron chi connectivity index (χ0n) is 14.5. The number of likely N-dealkylation sites (tertiary alicyclic amines) is 1. The molecule has 0 unspecified atom stereocenters. The molecule has 2 N–H and O–H groups in total. The Hall–Kier alpha value is -2.38. The van der Waals surface area contributed by atoms with Crippen LogP contribution in [-0.2, 0) is 16.6 Å². The van der Waals surface area contributed by atoms with Gasteiger partial charge in [0.25, 0.3) is 0 Å². The summed E-state index contributed by atoms with van der Waals surface area (Å²) in [6, 6.07) is 12.6. The fourth-order valence-electron chi connectivity index (χ4n) is 3.57. The number of piperidine rings is 1. The van der Waals surface area contributed by atoms with Gasteiger partial charge in [0.05, 0.1) is 11.2 Å². The van der Waals surface area contributed by atoms with Gasteiger partial charge in [-0.15, -0.1) is 0 Å². The van der Waals surface area contributed by atoms with Gasteiger partial charge in [-0.25, -0.2) is 0 Å². The summed E-state index contributed by atoms with van der Waals surface area (Å²) in [5.74, 6) is -0.995. The molecule has 1 heterocycles. The molecule has 1 aliphatic rings. The molecule has 0 spiro atoms. The van der Waals surface area contributed by atoms with E-state index < -0.39 is 29.4 Å². The molecule has 2 aromatic carbocycles. The summed E-state index contributed by atoms with van der Waals surface area (Å²) in [6.07, 6.45) is -4.16. The third-order valence-corrected chi connectivity index (χ3v) is 5.07. The van der Waals surface area contributed by atoms with Crippen molar-refractivity contribution < 1.29 is 28.2 Å². The lowest BCUT2D eigenvalue weighted by Crippen LogP contribution is -2.46. The highest BCUT2D eigenvalue weighted by molar-refractivity contribution is 5.75. The lowest BCUT2D eigenvalue weighted by Gasteiger charge is -2.41. The first-order valence-corrected chi connectivity index (χ1v) is 8.63. The first-order valence-electron chi connectivity index (χ1n) is 8.63. The third-order valence-electron chi connectivity index (χ3n) is 5.07. The first-order chi connectivity index (χ1) is 12.7. The predicted octanol–water partition coefficient (Wildman–Crippen LogP) is 3.81. The van der Waals surface area contributed by atoms with Crippen molar-refractivity contribution in [1.82, 2.24) is 4.90 Å². The van der Waals surface area contributed by atoms with Gasteiger partial charge in [0.15, 0.2) is 0 Å². The van der Waals surface area contributed by atoms with Crippen molar-refractivity contribution in [3.8, 4) is 0 Å². The zero-order chi connectivity index (χ0) is 19.7. The SMILES string of the molecule is O=C(O)[C@H](c1ccccc1)N1CCC(O)(c2cccc(C(F)(F)F)c2)CC1. The van der Waals surface area contributed by atoms with E-state index in [1.807, 2.05) is 0 Å². The molecule has 0 aromatic heterocycles. The molecule has 1 saturated heterocycles. The maximum absolute atomic E-state index is 12.9. The Balaban J connectivity index is 1.79. The Labute approximate surface area is 154 Å². The molecular formula is C20H20F3NO3. The van der Waals surface area contributed by atoms with Crippen LogP contribution in [0.1, 0.15) is 35.6 Å². The standard InChI is InChI=1S/C20H20F3NO3/c21-20(22,23)16-8-4-7-15(13-16)19(27)9-11-24(12-10-19)17(18(25)26)14-5-2-1-3-6-14/h1-8,13,17,27H,9-12H2,(H,25,26)/t17-/m0/s1. The molecule has 144 valence electrons. The monoisotopic (exact) mass is 379 g/mol. The smallest absolute Gasteiger partial charge is 0.416 e. The van der Waals surface area contributed by atoms with Crippen LogP contribution in [0.5, 0.6) is 0 Å². The quantitative estimate of drug-likeness (QED) is 0.848. The van der Waals surface area contributed by atoms with Crippen molar-refractivity contribution in [2.24, 2.45) is 0 Å². The number of nitrogens with zero attached hydrogens (tertiary/aromatic N) is 1. The normalized spacial score (nSPS) is 18.8. The third kappa shape index (κ3) is 4.14. The Morgan fingerprint density at radius 2 is 1.67 bits per heavy atom. The number of halogens is 3. The van der Waals surface area contributed by atoms with E-state index in [9.17, 15) is 28.2 Å². The molecule has 1 fully saturated rings. The number of aliphatic hydroxyl groups is 1. The van der Waals surface area contributed by atoms with Gasteiger partial charge in [-0.2, -0.15) is 13.2 Å². The summed E-state index contributed by atoms with van der Waals surface area (Å²) < 4.78 is 38.8. The fourth-order valence-corrected chi connectivity index (χ4v) is 3.57. The van der Waals surface area contributed by atoms with Crippen LogP contribution < -0.4 is 0 Å². The number of carboxylic acids is 1. The van der Waals surface area contributed by atoms with Crippen LogP contribution in [0.2, 0.25) is 0 Å². The van der Waals surface area contributed by atoms with Gasteiger partial charge in [0.2, 0.25) is 0 Å². The van der Waals surface area contributed by atoms with Gasteiger partial charge < -0.3 is 10.2 Å². The summed E-state index contributed by atoms with van der Waals surface area (Å²) in [7, 11) is 0. The van der Waals surface area contributed by atoms with E-state index in [0.29, 0.717) is 5.56 Å². The lowest BCUT2D eigenvalue weighted by molar-refractivity contribution is -0.146. The highest BCUT2D eigenvalue weighted by Crippen LogP contribution is 2.38. The van der Waals surface area contributed by atoms with Gasteiger partial charge in [-0.1, -0.05) is 42.5 Å². The average Bonchev–Trinajstić information content (AvgIpc) is 2.64. The summed E-state index contributed by atoms with van der Waals surface area (Å²) in [5, 5.41) is 20.5. The molecule has 0 amide bonds. The number of benzene rings is 2. The van der Waals surface area contributed by atoms with Crippen LogP contribution in [0.3, 0.4) is 0 Å². The molecular weight excluding hydrogens is 359 g/mol. The molecule has 0 aliphatic carbocycles. The van der Waals surface area contributed by atoms with Crippen molar-refractivity contribution in [3.63, 3.8) is 0 Å². The largest absolute Gasteiger partial charge is 0.480 e. The van der Waals surface area contributed by atoms with E-state index in [1.165, 1.54) is 12.1 Å². The number of carbonyl (C=O) groups is 1. The minimum absolute atomic E-state index is 0.158. The van der Waals surface area contributed by atoms with Crippen molar-refractivity contribution >= 4 is 5.97 Å². The van der Waals surface area contributed by atoms with Gasteiger partial charge in [-0.3, -0.25) is 9.69 Å². The van der Waals surface area contributed by atoms with Gasteiger partial charge in [-0.05, 0) is 36.1 Å². The molecule has 27 heavy (non-hydrogen) atoms. The van der Waals surface area contributed by atoms with Crippen LogP contribution in [0.25, 0.3) is 0 Å². The van der Waals surface area contributed by atoms with E-state index in [4.69, 9.17) is 0 Å². The second-order valence-electron chi connectivity index (χ2n) is 6.80. The van der Waals surface area contributed by atoms with Crippen LogP contribution in [0, 0.1) is 0 Å². The van der Waals surface area contributed by atoms with Gasteiger partial charge in [0.1, 0.15) is 6.04 Å². The Morgan fingerprint density at radius 1 is 1.04 bits per heavy atom. The summed E-state index contributed by atoms with van der Waals surface area (Å²) in [6.45, 7) is 0.525. The van der Waals surface area contributed by atoms with Crippen LogP contribution in [0.4, 0.5) is 13.2 Å². The van der Waals surface area contributed by atoms with E-state index >= 15 is 0 Å². The van der Waals surface area contributed by atoms with Crippen molar-refractivity contribution in [2.45, 2.75) is 30.7 Å². The maximum atomic E-state index is 12.9. The van der Waals surface area contributed by atoms with Crippen molar-refractivity contribution in [1.29, 1.82) is 0 Å². The fraction of sp³-hybridized carbons (Fsp3) is 0.350. The van der Waals surface area contributed by atoms with E-state index in [-0.39, 0.29) is 31.5 Å². The molecule has 1 atom stereocenters. The summed E-state index contributed by atoms with van der Waals surface area (Å²) >= 11 is 0. The predicted molar refractivity (Wildman–Crippen MR) is 93.0 cm³/mol. The number of rotatable bonds is 4. The van der Waals surface area contributed by atoms with Crippen LogP contribution in [-0.4, -0.2) is 34.2 Å². The Morgan fingerprint density at radius 3 is 2.22 bits per heavy atom.